The van der Waals surface area contributed by atoms with Crippen molar-refractivity contribution in [1.82, 2.24) is 9.97 Å². The third-order valence-corrected chi connectivity index (χ3v) is 2.92. The van der Waals surface area contributed by atoms with Crippen molar-refractivity contribution < 1.29 is 13.2 Å². The van der Waals surface area contributed by atoms with Crippen molar-refractivity contribution in [2.75, 3.05) is 6.54 Å². The second kappa shape index (κ2) is 5.30. The second-order valence-corrected chi connectivity index (χ2v) is 4.41. The molecule has 0 aliphatic rings. The molecule has 3 nitrogen and oxygen atoms in total. The Labute approximate surface area is 112 Å². The van der Waals surface area contributed by atoms with Crippen LogP contribution < -0.4 is 5.73 Å². The smallest absolute Gasteiger partial charge is 0.330 e. The Morgan fingerprint density at radius 3 is 2.58 bits per heavy atom. The van der Waals surface area contributed by atoms with E-state index in [2.05, 4.69) is 9.97 Å². The van der Waals surface area contributed by atoms with Crippen LogP contribution in [0.4, 0.5) is 13.2 Å². The van der Waals surface area contributed by atoms with Crippen LogP contribution in [0.25, 0.3) is 10.9 Å². The van der Waals surface area contributed by atoms with Crippen molar-refractivity contribution in [3.05, 3.63) is 34.7 Å². The Hall–Kier alpha value is -1.40. The summed E-state index contributed by atoms with van der Waals surface area (Å²) in [5.41, 5.74) is 5.02. The molecule has 0 aliphatic carbocycles. The van der Waals surface area contributed by atoms with Crippen LogP contribution in [0.1, 0.15) is 17.8 Å². The average Bonchev–Trinajstić information content (AvgIpc) is 2.35. The Morgan fingerprint density at radius 1 is 1.21 bits per heavy atom. The highest BCUT2D eigenvalue weighted by atomic mass is 35.5. The van der Waals surface area contributed by atoms with Gasteiger partial charge in [0.15, 0.2) is 0 Å². The zero-order valence-corrected chi connectivity index (χ0v) is 10.6. The molecule has 7 heteroatoms. The summed E-state index contributed by atoms with van der Waals surface area (Å²) in [6.45, 7) is 0.492. The third kappa shape index (κ3) is 3.13. The van der Waals surface area contributed by atoms with Crippen LogP contribution in [-0.2, 0) is 12.6 Å². The standard InChI is InChI=1S/C12H11ClF3N3/c13-11-8-6-7(12(14,15)16)3-4-9(8)18-10(19-11)2-1-5-17/h3-4,6H,1-2,5,17H2. The molecule has 2 N–H and O–H groups in total. The van der Waals surface area contributed by atoms with Crippen molar-refractivity contribution in [1.29, 1.82) is 0 Å². The van der Waals surface area contributed by atoms with Crippen LogP contribution >= 0.6 is 11.6 Å². The predicted molar refractivity (Wildman–Crippen MR) is 66.9 cm³/mol. The molecule has 1 aromatic heterocycles. The van der Waals surface area contributed by atoms with Gasteiger partial charge in [-0.15, -0.1) is 0 Å². The van der Waals surface area contributed by atoms with E-state index in [1.54, 1.807) is 0 Å². The number of fused-ring (bicyclic) bond motifs is 1. The lowest BCUT2D eigenvalue weighted by atomic mass is 10.1. The molecular formula is C12H11ClF3N3. The Balaban J connectivity index is 2.48. The minimum atomic E-state index is -4.41. The van der Waals surface area contributed by atoms with E-state index in [0.717, 1.165) is 12.1 Å². The highest BCUT2D eigenvalue weighted by molar-refractivity contribution is 6.34. The summed E-state index contributed by atoms with van der Waals surface area (Å²) < 4.78 is 37.8. The van der Waals surface area contributed by atoms with Crippen molar-refractivity contribution in [3.63, 3.8) is 0 Å². The van der Waals surface area contributed by atoms with Gasteiger partial charge in [0.25, 0.3) is 0 Å². The number of hydrogen-bond acceptors (Lipinski definition) is 3. The summed E-state index contributed by atoms with van der Waals surface area (Å²) in [4.78, 5) is 8.17. The zero-order valence-electron chi connectivity index (χ0n) is 9.84. The van der Waals surface area contributed by atoms with Crippen LogP contribution in [0.5, 0.6) is 0 Å². The Kier molecular flexibility index (Phi) is 3.91. The molecule has 19 heavy (non-hydrogen) atoms. The lowest BCUT2D eigenvalue weighted by Gasteiger charge is -2.09. The molecule has 1 aromatic carbocycles. The molecule has 1 heterocycles. The molecule has 0 aliphatic heterocycles. The van der Waals surface area contributed by atoms with Gasteiger partial charge in [-0.05, 0) is 31.2 Å². The summed E-state index contributed by atoms with van der Waals surface area (Å²) in [6, 6.07) is 3.25. The highest BCUT2D eigenvalue weighted by Gasteiger charge is 2.30. The molecule has 0 saturated heterocycles. The summed E-state index contributed by atoms with van der Waals surface area (Å²) in [5, 5.41) is 0.233. The molecule has 0 unspecified atom stereocenters. The maximum absolute atomic E-state index is 12.6. The zero-order chi connectivity index (χ0) is 14.0. The molecular weight excluding hydrogens is 279 g/mol. The number of halogens is 4. The Morgan fingerprint density at radius 2 is 1.95 bits per heavy atom. The SMILES string of the molecule is NCCCc1nc(Cl)c2cc(C(F)(F)F)ccc2n1. The van der Waals surface area contributed by atoms with Crippen LogP contribution in [-0.4, -0.2) is 16.5 Å². The van der Waals surface area contributed by atoms with E-state index >= 15 is 0 Å². The van der Waals surface area contributed by atoms with Crippen molar-refractivity contribution in [2.24, 2.45) is 5.73 Å². The molecule has 2 aromatic rings. The second-order valence-electron chi connectivity index (χ2n) is 4.05. The van der Waals surface area contributed by atoms with Crippen LogP contribution in [0.2, 0.25) is 5.15 Å². The van der Waals surface area contributed by atoms with E-state index in [0.29, 0.717) is 30.7 Å². The average molecular weight is 290 g/mol. The first kappa shape index (κ1) is 14.0. The van der Waals surface area contributed by atoms with Gasteiger partial charge in [-0.3, -0.25) is 0 Å². The van der Waals surface area contributed by atoms with Gasteiger partial charge in [0.1, 0.15) is 11.0 Å². The predicted octanol–water partition coefficient (Wildman–Crippen LogP) is 3.19. The van der Waals surface area contributed by atoms with Crippen LogP contribution in [0, 0.1) is 0 Å². The van der Waals surface area contributed by atoms with E-state index in [4.69, 9.17) is 17.3 Å². The summed E-state index contributed by atoms with van der Waals surface area (Å²) in [5.74, 6) is 0.489. The fourth-order valence-corrected chi connectivity index (χ4v) is 1.93. The van der Waals surface area contributed by atoms with Crippen molar-refractivity contribution in [2.45, 2.75) is 19.0 Å². The largest absolute Gasteiger partial charge is 0.416 e. The molecule has 0 saturated carbocycles. The van der Waals surface area contributed by atoms with Gasteiger partial charge in [0.05, 0.1) is 11.1 Å². The van der Waals surface area contributed by atoms with E-state index in [1.165, 1.54) is 6.07 Å². The van der Waals surface area contributed by atoms with Gasteiger partial charge in [-0.2, -0.15) is 13.2 Å². The number of nitrogens with zero attached hydrogens (tertiary/aromatic N) is 2. The van der Waals surface area contributed by atoms with Gasteiger partial charge < -0.3 is 5.73 Å². The lowest BCUT2D eigenvalue weighted by molar-refractivity contribution is -0.137. The van der Waals surface area contributed by atoms with E-state index in [9.17, 15) is 13.2 Å². The van der Waals surface area contributed by atoms with E-state index in [-0.39, 0.29) is 10.5 Å². The van der Waals surface area contributed by atoms with Gasteiger partial charge in [-0.1, -0.05) is 11.6 Å². The molecule has 102 valence electrons. The van der Waals surface area contributed by atoms with Crippen LogP contribution in [0.3, 0.4) is 0 Å². The molecule has 0 spiro atoms. The fourth-order valence-electron chi connectivity index (χ4n) is 1.68. The molecule has 2 rings (SSSR count). The van der Waals surface area contributed by atoms with E-state index < -0.39 is 11.7 Å². The lowest BCUT2D eigenvalue weighted by Crippen LogP contribution is -2.06. The molecule has 0 atom stereocenters. The molecule has 0 radical (unpaired) electrons. The minimum Gasteiger partial charge on any atom is -0.330 e. The molecule has 0 fully saturated rings. The number of alkyl halides is 3. The summed E-state index contributed by atoms with van der Waals surface area (Å²) in [7, 11) is 0. The molecule has 0 amide bonds. The number of rotatable bonds is 3. The Bertz CT molecular complexity index is 599. The number of aromatic nitrogens is 2. The van der Waals surface area contributed by atoms with Crippen LogP contribution in [0.15, 0.2) is 18.2 Å². The fraction of sp³-hybridized carbons (Fsp3) is 0.333. The normalized spacial score (nSPS) is 12.1. The summed E-state index contributed by atoms with van der Waals surface area (Å²) >= 11 is 5.91. The minimum absolute atomic E-state index is 0.0307. The third-order valence-electron chi connectivity index (χ3n) is 2.63. The molecule has 0 bridgehead atoms. The topological polar surface area (TPSA) is 51.8 Å². The first-order valence-electron chi connectivity index (χ1n) is 5.65. The first-order chi connectivity index (χ1) is 8.91. The number of aryl methyl sites for hydroxylation is 1. The first-order valence-corrected chi connectivity index (χ1v) is 6.03. The van der Waals surface area contributed by atoms with E-state index in [1.807, 2.05) is 0 Å². The maximum Gasteiger partial charge on any atom is 0.416 e. The van der Waals surface area contributed by atoms with Gasteiger partial charge in [0.2, 0.25) is 0 Å². The van der Waals surface area contributed by atoms with Gasteiger partial charge in [0, 0.05) is 11.8 Å². The number of hydrogen-bond donors (Lipinski definition) is 1. The quantitative estimate of drug-likeness (QED) is 0.883. The number of nitrogens with two attached hydrogens (primary N) is 1. The van der Waals surface area contributed by atoms with Crippen molar-refractivity contribution >= 4 is 22.5 Å². The van der Waals surface area contributed by atoms with Gasteiger partial charge in [-0.25, -0.2) is 9.97 Å². The van der Waals surface area contributed by atoms with Gasteiger partial charge >= 0.3 is 6.18 Å². The van der Waals surface area contributed by atoms with Crippen molar-refractivity contribution in [3.8, 4) is 0 Å². The highest BCUT2D eigenvalue weighted by Crippen LogP contribution is 2.32. The summed E-state index contributed by atoms with van der Waals surface area (Å²) in [6.07, 6.45) is -3.16. The maximum atomic E-state index is 12.6. The monoisotopic (exact) mass is 289 g/mol. The number of benzene rings is 1.